The molecule has 18 heavy (non-hydrogen) atoms. The molecule has 4 N–H and O–H groups in total. The predicted octanol–water partition coefficient (Wildman–Crippen LogP) is 0.985. The fourth-order valence-corrected chi connectivity index (χ4v) is 1.67. The number of nitrogens with zero attached hydrogens (tertiary/aromatic N) is 1. The molecule has 0 aliphatic carbocycles. The predicted molar refractivity (Wildman–Crippen MR) is 75.5 cm³/mol. The number of anilines is 2. The Bertz CT molecular complexity index is 675. The van der Waals surface area contributed by atoms with Gasteiger partial charge < -0.3 is 11.1 Å². The molecular weight excluding hydrogens is 248 g/mol. The molecule has 1 aromatic carbocycles. The second-order valence-corrected chi connectivity index (χ2v) is 3.92. The van der Waals surface area contributed by atoms with Gasteiger partial charge in [-0.15, -0.1) is 6.42 Å². The normalized spacial score (nSPS) is 9.72. The average molecular weight is 258 g/mol. The quantitative estimate of drug-likeness (QED) is 0.526. The van der Waals surface area contributed by atoms with Crippen LogP contribution >= 0.6 is 12.2 Å². The van der Waals surface area contributed by atoms with Crippen LogP contribution < -0.4 is 16.6 Å². The van der Waals surface area contributed by atoms with E-state index in [1.54, 1.807) is 24.3 Å². The van der Waals surface area contributed by atoms with Gasteiger partial charge in [-0.1, -0.05) is 5.92 Å². The first-order valence-electron chi connectivity index (χ1n) is 5.06. The van der Waals surface area contributed by atoms with Crippen LogP contribution in [0, 0.1) is 12.3 Å². The first kappa shape index (κ1) is 12.0. The molecule has 0 aliphatic heterocycles. The molecule has 5 nitrogen and oxygen atoms in total. The van der Waals surface area contributed by atoms with Gasteiger partial charge in [-0.2, -0.15) is 0 Å². The van der Waals surface area contributed by atoms with Crippen molar-refractivity contribution >= 4 is 28.8 Å². The van der Waals surface area contributed by atoms with Gasteiger partial charge in [0.1, 0.15) is 5.82 Å². The van der Waals surface area contributed by atoms with E-state index < -0.39 is 0 Å². The smallest absolute Gasteiger partial charge is 0.266 e. The van der Waals surface area contributed by atoms with Crippen LogP contribution in [-0.2, 0) is 0 Å². The maximum absolute atomic E-state index is 11.1. The van der Waals surface area contributed by atoms with Crippen LogP contribution in [0.3, 0.4) is 0 Å². The van der Waals surface area contributed by atoms with Crippen molar-refractivity contribution in [1.29, 1.82) is 0 Å². The second-order valence-electron chi connectivity index (χ2n) is 3.53. The monoisotopic (exact) mass is 258 g/mol. The maximum Gasteiger partial charge on any atom is 0.266 e. The molecule has 0 atom stereocenters. The largest absolute Gasteiger partial charge is 0.383 e. The molecule has 0 amide bonds. The molecule has 2 aromatic rings. The lowest BCUT2D eigenvalue weighted by molar-refractivity contribution is 0.935. The Kier molecular flexibility index (Phi) is 3.17. The Morgan fingerprint density at radius 3 is 2.61 bits per heavy atom. The van der Waals surface area contributed by atoms with E-state index in [0.29, 0.717) is 0 Å². The Balaban J connectivity index is 2.19. The number of H-pyrrole nitrogens is 1. The lowest BCUT2D eigenvalue weighted by Crippen LogP contribution is -2.23. The van der Waals surface area contributed by atoms with Crippen molar-refractivity contribution < 1.29 is 0 Å². The summed E-state index contributed by atoms with van der Waals surface area (Å²) in [7, 11) is 0. The molecule has 0 saturated heterocycles. The zero-order valence-electron chi connectivity index (χ0n) is 9.31. The van der Waals surface area contributed by atoms with E-state index in [9.17, 15) is 4.79 Å². The number of aromatic nitrogens is 2. The molecule has 90 valence electrons. The van der Waals surface area contributed by atoms with E-state index >= 15 is 0 Å². The molecule has 0 aliphatic rings. The van der Waals surface area contributed by atoms with Crippen molar-refractivity contribution in [2.45, 2.75) is 0 Å². The summed E-state index contributed by atoms with van der Waals surface area (Å²) < 4.78 is 1.30. The fourth-order valence-electron chi connectivity index (χ4n) is 1.40. The van der Waals surface area contributed by atoms with Crippen LogP contribution in [-0.4, -0.2) is 14.9 Å². The van der Waals surface area contributed by atoms with Crippen LogP contribution in [0.5, 0.6) is 0 Å². The van der Waals surface area contributed by atoms with Gasteiger partial charge in [-0.05, 0) is 36.5 Å². The number of benzene rings is 1. The van der Waals surface area contributed by atoms with Crippen molar-refractivity contribution in [3.05, 3.63) is 46.2 Å². The van der Waals surface area contributed by atoms with Gasteiger partial charge in [0.15, 0.2) is 5.11 Å². The number of hydrogen-bond acceptors (Lipinski definition) is 3. The zero-order valence-corrected chi connectivity index (χ0v) is 10.1. The van der Waals surface area contributed by atoms with E-state index in [2.05, 4.69) is 16.3 Å². The maximum atomic E-state index is 11.1. The molecule has 6 heteroatoms. The summed E-state index contributed by atoms with van der Waals surface area (Å²) in [4.78, 5) is 11.1. The number of terminal acetylenes is 1. The summed E-state index contributed by atoms with van der Waals surface area (Å²) in [5.74, 6) is 2.77. The van der Waals surface area contributed by atoms with Crippen LogP contribution in [0.15, 0.2) is 35.1 Å². The second kappa shape index (κ2) is 4.77. The molecule has 0 saturated carbocycles. The lowest BCUT2D eigenvalue weighted by atomic mass is 10.2. The fraction of sp³-hybridized carbons (Fsp3) is 0. The zero-order chi connectivity index (χ0) is 13.1. The lowest BCUT2D eigenvalue weighted by Gasteiger charge is -2.09. The van der Waals surface area contributed by atoms with E-state index in [4.69, 9.17) is 24.4 Å². The third-order valence-electron chi connectivity index (χ3n) is 2.27. The van der Waals surface area contributed by atoms with Crippen LogP contribution in [0.25, 0.3) is 0 Å². The van der Waals surface area contributed by atoms with Crippen LogP contribution in [0.2, 0.25) is 0 Å². The number of nitrogen functional groups attached to an aromatic ring is 1. The van der Waals surface area contributed by atoms with Gasteiger partial charge in [0.25, 0.3) is 5.56 Å². The number of nitrogens with two attached hydrogens (primary N) is 1. The van der Waals surface area contributed by atoms with Crippen molar-refractivity contribution in [1.82, 2.24) is 9.78 Å². The van der Waals surface area contributed by atoms with Gasteiger partial charge in [-0.25, -0.2) is 4.68 Å². The molecule has 2 rings (SSSR count). The highest BCUT2D eigenvalue weighted by Gasteiger charge is 2.05. The number of thiocarbonyl (C=S) groups is 1. The van der Waals surface area contributed by atoms with E-state index in [0.717, 1.165) is 11.3 Å². The summed E-state index contributed by atoms with van der Waals surface area (Å²) in [5.41, 5.74) is 6.85. The third-order valence-corrected chi connectivity index (χ3v) is 2.55. The summed E-state index contributed by atoms with van der Waals surface area (Å²) in [6.45, 7) is 0. The number of hydrogen-bond donors (Lipinski definition) is 3. The Morgan fingerprint density at radius 2 is 2.11 bits per heavy atom. The Morgan fingerprint density at radius 1 is 1.44 bits per heavy atom. The SMILES string of the molecule is C#Cc1ccc(NC(=S)n2[nH]c(=O)cc2N)cc1. The molecule has 0 unspecified atom stereocenters. The minimum atomic E-state index is -0.306. The molecule has 0 bridgehead atoms. The van der Waals surface area contributed by atoms with Gasteiger partial charge in [0, 0.05) is 17.3 Å². The molecule has 1 heterocycles. The number of nitrogens with one attached hydrogen (secondary N) is 2. The van der Waals surface area contributed by atoms with Crippen molar-refractivity contribution in [2.24, 2.45) is 0 Å². The molecule has 1 aromatic heterocycles. The molecular formula is C12H10N4OS. The Hall–Kier alpha value is -2.52. The van der Waals surface area contributed by atoms with Crippen LogP contribution in [0.4, 0.5) is 11.5 Å². The first-order chi connectivity index (χ1) is 8.60. The summed E-state index contributed by atoms with van der Waals surface area (Å²) in [6.07, 6.45) is 5.26. The van der Waals surface area contributed by atoms with E-state index in [-0.39, 0.29) is 16.5 Å². The highest BCUT2D eigenvalue weighted by atomic mass is 32.1. The highest BCUT2D eigenvalue weighted by molar-refractivity contribution is 7.80. The van der Waals surface area contributed by atoms with E-state index in [1.807, 2.05) is 0 Å². The molecule has 0 spiro atoms. The van der Waals surface area contributed by atoms with Gasteiger partial charge in [0.2, 0.25) is 0 Å². The minimum absolute atomic E-state index is 0.248. The minimum Gasteiger partial charge on any atom is -0.383 e. The van der Waals surface area contributed by atoms with Crippen molar-refractivity contribution in [2.75, 3.05) is 11.1 Å². The van der Waals surface area contributed by atoms with Crippen molar-refractivity contribution in [3.63, 3.8) is 0 Å². The van der Waals surface area contributed by atoms with Gasteiger partial charge in [0.05, 0.1) is 0 Å². The summed E-state index contributed by atoms with van der Waals surface area (Å²) >= 11 is 5.13. The standard InChI is InChI=1S/C12H10N4OS/c1-2-8-3-5-9(6-4-8)14-12(18)16-10(13)7-11(17)15-16/h1,3-7H,13H2,(H,14,18)(H,15,17). The third kappa shape index (κ3) is 2.42. The van der Waals surface area contributed by atoms with Gasteiger partial charge >= 0.3 is 0 Å². The van der Waals surface area contributed by atoms with Crippen LogP contribution in [0.1, 0.15) is 5.56 Å². The molecule has 0 fully saturated rings. The highest BCUT2D eigenvalue weighted by Crippen LogP contribution is 2.09. The number of aromatic amines is 1. The van der Waals surface area contributed by atoms with Crippen molar-refractivity contribution in [3.8, 4) is 12.3 Å². The first-order valence-corrected chi connectivity index (χ1v) is 5.46. The average Bonchev–Trinajstić information content (AvgIpc) is 2.69. The topological polar surface area (TPSA) is 75.8 Å². The Labute approximate surface area is 109 Å². The summed E-state index contributed by atoms with van der Waals surface area (Å²) in [5, 5.41) is 5.71. The number of rotatable bonds is 1. The van der Waals surface area contributed by atoms with E-state index in [1.165, 1.54) is 10.7 Å². The summed E-state index contributed by atoms with van der Waals surface area (Å²) in [6, 6.07) is 8.41. The molecule has 0 radical (unpaired) electrons. The van der Waals surface area contributed by atoms with Gasteiger partial charge in [-0.3, -0.25) is 9.89 Å².